The van der Waals surface area contributed by atoms with E-state index in [1.807, 2.05) is 6.92 Å². The predicted molar refractivity (Wildman–Crippen MR) is 140 cm³/mol. The molecule has 2 N–H and O–H groups in total. The van der Waals surface area contributed by atoms with Gasteiger partial charge in [-0.1, -0.05) is 33.3 Å². The highest BCUT2D eigenvalue weighted by Gasteiger charge is 2.77. The van der Waals surface area contributed by atoms with E-state index in [-0.39, 0.29) is 23.7 Å². The Bertz CT molecular complexity index is 918. The Labute approximate surface area is 226 Å². The highest BCUT2D eigenvalue weighted by atomic mass is 16.6. The van der Waals surface area contributed by atoms with E-state index >= 15 is 0 Å². The molecular formula is C29H47NO8. The van der Waals surface area contributed by atoms with Gasteiger partial charge in [-0.2, -0.15) is 0 Å². The van der Waals surface area contributed by atoms with Crippen molar-refractivity contribution in [2.75, 3.05) is 39.5 Å². The first-order valence-electron chi connectivity index (χ1n) is 14.1. The molecule has 4 fully saturated rings. The molecule has 4 rings (SSSR count). The minimum atomic E-state index is -1.41. The van der Waals surface area contributed by atoms with Crippen molar-refractivity contribution in [3.63, 3.8) is 0 Å². The summed E-state index contributed by atoms with van der Waals surface area (Å²) in [5, 5.41) is 22.3. The summed E-state index contributed by atoms with van der Waals surface area (Å²) in [5.41, 5.74) is -4.55. The Morgan fingerprint density at radius 1 is 1.03 bits per heavy atom. The van der Waals surface area contributed by atoms with E-state index < -0.39 is 47.0 Å². The van der Waals surface area contributed by atoms with Gasteiger partial charge in [-0.15, -0.1) is 6.58 Å². The first kappa shape index (κ1) is 29.5. The second-order valence-electron chi connectivity index (χ2n) is 13.1. The fourth-order valence-corrected chi connectivity index (χ4v) is 8.20. The summed E-state index contributed by atoms with van der Waals surface area (Å²) in [6.45, 7) is 16.5. The molecule has 0 unspecified atom stereocenters. The zero-order valence-corrected chi connectivity index (χ0v) is 23.8. The molecule has 9 heteroatoms. The fourth-order valence-electron chi connectivity index (χ4n) is 8.20. The van der Waals surface area contributed by atoms with Crippen LogP contribution < -0.4 is 0 Å². The average Bonchev–Trinajstić information content (AvgIpc) is 2.87. The van der Waals surface area contributed by atoms with E-state index in [1.165, 1.54) is 0 Å². The van der Waals surface area contributed by atoms with Crippen LogP contribution in [0.25, 0.3) is 0 Å². The molecule has 0 amide bonds. The SMILES string of the molecule is C=C[C@@]1(C)CC[C@]2(O)[C@@]3(C)CCCC(C)(C)[C@@H]3[C@H](OC(=O)CCN3CCOCC3)[C@H](OC(=O)CO)[C@@]2(C)O1. The van der Waals surface area contributed by atoms with Gasteiger partial charge in [0, 0.05) is 31.0 Å². The highest BCUT2D eigenvalue weighted by molar-refractivity contribution is 5.71. The van der Waals surface area contributed by atoms with Crippen molar-refractivity contribution < 1.29 is 38.7 Å². The summed E-state index contributed by atoms with van der Waals surface area (Å²) in [7, 11) is 0. The molecule has 0 radical (unpaired) electrons. The third kappa shape index (κ3) is 4.83. The molecule has 2 saturated heterocycles. The molecule has 9 nitrogen and oxygen atoms in total. The number of esters is 2. The van der Waals surface area contributed by atoms with Crippen molar-refractivity contribution in [2.45, 2.75) is 102 Å². The van der Waals surface area contributed by atoms with Crippen molar-refractivity contribution in [1.29, 1.82) is 0 Å². The maximum absolute atomic E-state index is 13.4. The summed E-state index contributed by atoms with van der Waals surface area (Å²) in [5.74, 6) is -1.53. The van der Waals surface area contributed by atoms with Gasteiger partial charge in [-0.05, 0) is 44.9 Å². The van der Waals surface area contributed by atoms with Crippen LogP contribution in [0.5, 0.6) is 0 Å². The minimum Gasteiger partial charge on any atom is -0.458 e. The van der Waals surface area contributed by atoms with E-state index in [9.17, 15) is 19.8 Å². The second kappa shape index (κ2) is 10.5. The van der Waals surface area contributed by atoms with Crippen molar-refractivity contribution in [3.05, 3.63) is 12.7 Å². The lowest BCUT2D eigenvalue weighted by atomic mass is 9.41. The molecule has 38 heavy (non-hydrogen) atoms. The number of aliphatic hydroxyl groups is 2. The van der Waals surface area contributed by atoms with Gasteiger partial charge in [0.25, 0.3) is 0 Å². The van der Waals surface area contributed by atoms with Crippen molar-refractivity contribution in [1.82, 2.24) is 4.90 Å². The van der Waals surface area contributed by atoms with Crippen LogP contribution in [-0.2, 0) is 28.5 Å². The number of rotatable bonds is 7. The standard InChI is InChI=1S/C29H47NO8/c1-7-26(4)12-13-29(34)27(5)11-8-10-25(2,3)23(27)22(24(28(29,6)38-26)37-21(33)19-31)36-20(32)9-14-30-15-17-35-18-16-30/h7,22-24,31,34H,1,8-19H2,2-6H3/t22-,23-,24-,26-,27-,28+,29-/m0/s1. The van der Waals surface area contributed by atoms with Crippen LogP contribution in [0.4, 0.5) is 0 Å². The number of carbonyl (C=O) groups is 2. The van der Waals surface area contributed by atoms with Gasteiger partial charge >= 0.3 is 11.9 Å². The number of morpholine rings is 1. The zero-order valence-electron chi connectivity index (χ0n) is 23.8. The summed E-state index contributed by atoms with van der Waals surface area (Å²) in [6.07, 6.45) is 3.41. The summed E-state index contributed by atoms with van der Waals surface area (Å²) < 4.78 is 24.3. The number of fused-ring (bicyclic) bond motifs is 3. The molecule has 0 aromatic rings. The van der Waals surface area contributed by atoms with E-state index in [0.29, 0.717) is 32.6 Å². The quantitative estimate of drug-likeness (QED) is 0.374. The molecular weight excluding hydrogens is 490 g/mol. The third-order valence-corrected chi connectivity index (χ3v) is 10.2. The van der Waals surface area contributed by atoms with Crippen molar-refractivity contribution in [2.24, 2.45) is 16.7 Å². The first-order chi connectivity index (χ1) is 17.8. The Morgan fingerprint density at radius 2 is 1.71 bits per heavy atom. The monoisotopic (exact) mass is 537 g/mol. The molecule has 0 aromatic heterocycles. The van der Waals surface area contributed by atoms with Gasteiger partial charge in [0.15, 0.2) is 6.10 Å². The molecule has 2 saturated carbocycles. The maximum atomic E-state index is 13.4. The molecule has 2 aliphatic carbocycles. The van der Waals surface area contributed by atoms with Crippen LogP contribution in [0.3, 0.4) is 0 Å². The number of carbonyl (C=O) groups excluding carboxylic acids is 2. The number of hydrogen-bond donors (Lipinski definition) is 2. The Kier molecular flexibility index (Phi) is 8.12. The molecule has 2 aliphatic heterocycles. The van der Waals surface area contributed by atoms with Gasteiger partial charge in [-0.25, -0.2) is 4.79 Å². The molecule has 4 aliphatic rings. The van der Waals surface area contributed by atoms with Crippen LogP contribution in [0, 0.1) is 16.7 Å². The number of aliphatic hydroxyl groups excluding tert-OH is 1. The summed E-state index contributed by atoms with van der Waals surface area (Å²) >= 11 is 0. The van der Waals surface area contributed by atoms with Crippen LogP contribution in [0.2, 0.25) is 0 Å². The normalized spacial score (nSPS) is 42.9. The lowest BCUT2D eigenvalue weighted by molar-refractivity contribution is -0.379. The van der Waals surface area contributed by atoms with Gasteiger partial charge in [0.1, 0.15) is 23.9 Å². The maximum Gasteiger partial charge on any atom is 0.332 e. The van der Waals surface area contributed by atoms with Crippen molar-refractivity contribution in [3.8, 4) is 0 Å². The number of nitrogens with zero attached hydrogens (tertiary/aromatic N) is 1. The van der Waals surface area contributed by atoms with Gasteiger partial charge in [0.05, 0.1) is 25.2 Å². The summed E-state index contributed by atoms with van der Waals surface area (Å²) in [6, 6.07) is 0. The Hall–Kier alpha value is -1.52. The molecule has 7 atom stereocenters. The lowest BCUT2D eigenvalue weighted by Gasteiger charge is -2.71. The van der Waals surface area contributed by atoms with Crippen molar-refractivity contribution >= 4 is 11.9 Å². The molecule has 0 bridgehead atoms. The second-order valence-corrected chi connectivity index (χ2v) is 13.1. The average molecular weight is 538 g/mol. The zero-order chi connectivity index (χ0) is 28.0. The highest BCUT2D eigenvalue weighted by Crippen LogP contribution is 2.68. The van der Waals surface area contributed by atoms with Crippen LogP contribution >= 0.6 is 0 Å². The smallest absolute Gasteiger partial charge is 0.332 e. The minimum absolute atomic E-state index is 0.188. The van der Waals surface area contributed by atoms with Gasteiger partial charge in [-0.3, -0.25) is 9.69 Å². The van der Waals surface area contributed by atoms with Crippen LogP contribution in [-0.4, -0.2) is 95.5 Å². The molecule has 216 valence electrons. The Morgan fingerprint density at radius 3 is 2.34 bits per heavy atom. The molecule has 0 spiro atoms. The van der Waals surface area contributed by atoms with E-state index in [2.05, 4.69) is 32.3 Å². The molecule has 2 heterocycles. The summed E-state index contributed by atoms with van der Waals surface area (Å²) in [4.78, 5) is 28.2. The largest absolute Gasteiger partial charge is 0.458 e. The third-order valence-electron chi connectivity index (χ3n) is 10.2. The van der Waals surface area contributed by atoms with Gasteiger partial charge < -0.3 is 29.2 Å². The predicted octanol–water partition coefficient (Wildman–Crippen LogP) is 2.62. The topological polar surface area (TPSA) is 115 Å². The fraction of sp³-hybridized carbons (Fsp3) is 0.862. The molecule has 0 aromatic carbocycles. The first-order valence-corrected chi connectivity index (χ1v) is 14.1. The lowest BCUT2D eigenvalue weighted by Crippen LogP contribution is -2.82. The Balaban J connectivity index is 1.76. The van der Waals surface area contributed by atoms with E-state index in [0.717, 1.165) is 32.4 Å². The van der Waals surface area contributed by atoms with E-state index in [1.54, 1.807) is 13.0 Å². The van der Waals surface area contributed by atoms with Crippen LogP contribution in [0.1, 0.15) is 73.1 Å². The number of ether oxygens (including phenoxy) is 4. The van der Waals surface area contributed by atoms with Gasteiger partial charge in [0.2, 0.25) is 0 Å². The van der Waals surface area contributed by atoms with E-state index in [4.69, 9.17) is 18.9 Å². The number of hydrogen-bond acceptors (Lipinski definition) is 9. The van der Waals surface area contributed by atoms with Crippen LogP contribution in [0.15, 0.2) is 12.7 Å².